The standard InChI is InChI=1S/C12H21NO11/c13-3-4(15)8(2(1-14)22-11(3)21)23-12-7(18)5(16)6(17)9(24-12)10(19)20/h2-9,11-12,14-18,21H,1,13H2,(H,19,20)/t2?,3?,4?,5-,6-,7?,8+,9?,11+,12+/m0/s1. The topological polar surface area (TPSA) is 212 Å². The fraction of sp³-hybridized carbons (Fsp3) is 0.917. The lowest BCUT2D eigenvalue weighted by molar-refractivity contribution is -0.339. The zero-order valence-corrected chi connectivity index (χ0v) is 12.3. The lowest BCUT2D eigenvalue weighted by Gasteiger charge is -2.45. The minimum Gasteiger partial charge on any atom is -0.479 e. The summed E-state index contributed by atoms with van der Waals surface area (Å²) in [6, 6.07) is -1.30. The first-order valence-corrected chi connectivity index (χ1v) is 7.15. The lowest BCUT2D eigenvalue weighted by Crippen LogP contribution is -2.66. The summed E-state index contributed by atoms with van der Waals surface area (Å²) in [7, 11) is 0. The number of aliphatic hydroxyl groups is 6. The summed E-state index contributed by atoms with van der Waals surface area (Å²) in [4.78, 5) is 11.0. The molecule has 0 bridgehead atoms. The van der Waals surface area contributed by atoms with E-state index in [1.807, 2.05) is 0 Å². The lowest BCUT2D eigenvalue weighted by atomic mass is 9.96. The molecule has 12 heteroatoms. The summed E-state index contributed by atoms with van der Waals surface area (Å²) >= 11 is 0. The van der Waals surface area contributed by atoms with Crippen LogP contribution in [-0.2, 0) is 19.0 Å². The maximum atomic E-state index is 11.0. The zero-order valence-electron chi connectivity index (χ0n) is 12.3. The van der Waals surface area contributed by atoms with E-state index >= 15 is 0 Å². The molecule has 9 N–H and O–H groups in total. The van der Waals surface area contributed by atoms with Gasteiger partial charge in [-0.3, -0.25) is 0 Å². The fourth-order valence-electron chi connectivity index (χ4n) is 2.59. The van der Waals surface area contributed by atoms with E-state index < -0.39 is 73.9 Å². The van der Waals surface area contributed by atoms with Gasteiger partial charge in [0.05, 0.1) is 12.6 Å². The maximum absolute atomic E-state index is 11.0. The van der Waals surface area contributed by atoms with E-state index in [1.54, 1.807) is 0 Å². The molecular formula is C12H21NO11. The van der Waals surface area contributed by atoms with Crippen LogP contribution in [0, 0.1) is 0 Å². The Bertz CT molecular complexity index is 449. The van der Waals surface area contributed by atoms with Gasteiger partial charge in [0.15, 0.2) is 18.7 Å². The molecule has 0 aliphatic carbocycles. The van der Waals surface area contributed by atoms with E-state index in [1.165, 1.54) is 0 Å². The van der Waals surface area contributed by atoms with Gasteiger partial charge in [-0.25, -0.2) is 4.79 Å². The largest absolute Gasteiger partial charge is 0.479 e. The van der Waals surface area contributed by atoms with Gasteiger partial charge >= 0.3 is 5.97 Å². The van der Waals surface area contributed by atoms with Crippen LogP contribution in [0.3, 0.4) is 0 Å². The SMILES string of the molecule is NC1C(O)[C@H](O[C@@H]2OC(C(=O)O)[C@@H](O)[C@H](O)C2O)C(CO)O[C@H]1O. The Kier molecular flexibility index (Phi) is 6.09. The first kappa shape index (κ1) is 19.4. The molecule has 2 aliphatic heterocycles. The predicted molar refractivity (Wildman–Crippen MR) is 71.1 cm³/mol. The smallest absolute Gasteiger partial charge is 0.335 e. The normalized spacial score (nSPS) is 49.8. The minimum atomic E-state index is -1.90. The van der Waals surface area contributed by atoms with Crippen molar-refractivity contribution in [1.82, 2.24) is 0 Å². The second kappa shape index (κ2) is 7.53. The van der Waals surface area contributed by atoms with E-state index in [4.69, 9.17) is 25.1 Å². The molecule has 140 valence electrons. The Labute approximate surface area is 135 Å². The molecular weight excluding hydrogens is 334 g/mol. The molecule has 24 heavy (non-hydrogen) atoms. The Balaban J connectivity index is 2.16. The highest BCUT2D eigenvalue weighted by molar-refractivity contribution is 5.73. The van der Waals surface area contributed by atoms with E-state index in [0.717, 1.165) is 0 Å². The second-order valence-corrected chi connectivity index (χ2v) is 5.65. The number of rotatable bonds is 4. The molecule has 2 rings (SSSR count). The van der Waals surface area contributed by atoms with E-state index in [-0.39, 0.29) is 0 Å². The van der Waals surface area contributed by atoms with Gasteiger partial charge in [-0.1, -0.05) is 0 Å². The fourth-order valence-corrected chi connectivity index (χ4v) is 2.59. The molecule has 0 spiro atoms. The summed E-state index contributed by atoms with van der Waals surface area (Å²) in [5.41, 5.74) is 5.52. The van der Waals surface area contributed by atoms with Gasteiger partial charge in [0, 0.05) is 0 Å². The third-order valence-electron chi connectivity index (χ3n) is 4.03. The highest BCUT2D eigenvalue weighted by atomic mass is 16.7. The molecule has 0 radical (unpaired) electrons. The highest BCUT2D eigenvalue weighted by Gasteiger charge is 2.51. The predicted octanol–water partition coefficient (Wildman–Crippen LogP) is -5.34. The molecule has 0 saturated carbocycles. The molecule has 2 fully saturated rings. The number of carboxylic acids is 1. The van der Waals surface area contributed by atoms with Crippen LogP contribution in [0.2, 0.25) is 0 Å². The molecule has 2 aliphatic rings. The maximum Gasteiger partial charge on any atom is 0.335 e. The summed E-state index contributed by atoms with van der Waals surface area (Å²) < 4.78 is 15.1. The summed E-state index contributed by atoms with van der Waals surface area (Å²) in [5.74, 6) is -1.60. The third-order valence-corrected chi connectivity index (χ3v) is 4.03. The molecule has 12 nitrogen and oxygen atoms in total. The summed E-state index contributed by atoms with van der Waals surface area (Å²) in [6.45, 7) is -0.693. The van der Waals surface area contributed by atoms with Crippen molar-refractivity contribution in [3.63, 3.8) is 0 Å². The number of hydrogen-bond donors (Lipinski definition) is 8. The van der Waals surface area contributed by atoms with Crippen LogP contribution < -0.4 is 5.73 Å². The summed E-state index contributed by atoms with van der Waals surface area (Å²) in [5, 5.41) is 67.0. The van der Waals surface area contributed by atoms with Crippen molar-refractivity contribution in [3.05, 3.63) is 0 Å². The number of carboxylic acid groups (broad SMARTS) is 1. The number of ether oxygens (including phenoxy) is 3. The molecule has 10 atom stereocenters. The quantitative estimate of drug-likeness (QED) is 0.237. The van der Waals surface area contributed by atoms with Crippen LogP contribution >= 0.6 is 0 Å². The van der Waals surface area contributed by atoms with Gasteiger partial charge in [-0.05, 0) is 0 Å². The van der Waals surface area contributed by atoms with Gasteiger partial charge in [0.2, 0.25) is 0 Å². The number of aliphatic carboxylic acids is 1. The minimum absolute atomic E-state index is 0.693. The molecule has 2 heterocycles. The van der Waals surface area contributed by atoms with E-state index in [2.05, 4.69) is 0 Å². The molecule has 0 aromatic rings. The van der Waals surface area contributed by atoms with Crippen LogP contribution in [-0.4, -0.2) is 110 Å². The second-order valence-electron chi connectivity index (χ2n) is 5.65. The van der Waals surface area contributed by atoms with E-state index in [0.29, 0.717) is 0 Å². The molecule has 0 amide bonds. The molecule has 0 aromatic heterocycles. The molecule has 0 aromatic carbocycles. The van der Waals surface area contributed by atoms with Crippen LogP contribution in [0.25, 0.3) is 0 Å². The average Bonchev–Trinajstić information content (AvgIpc) is 2.54. The third kappa shape index (κ3) is 3.52. The first-order valence-electron chi connectivity index (χ1n) is 7.15. The van der Waals surface area contributed by atoms with Gasteiger partial charge in [-0.15, -0.1) is 0 Å². The number of hydrogen-bond acceptors (Lipinski definition) is 11. The van der Waals surface area contributed by atoms with Gasteiger partial charge in [-0.2, -0.15) is 0 Å². The number of aliphatic hydroxyl groups excluding tert-OH is 6. The van der Waals surface area contributed by atoms with Crippen molar-refractivity contribution < 1.29 is 54.8 Å². The Morgan fingerprint density at radius 2 is 1.62 bits per heavy atom. The monoisotopic (exact) mass is 355 g/mol. The van der Waals surface area contributed by atoms with Crippen molar-refractivity contribution >= 4 is 5.97 Å². The highest BCUT2D eigenvalue weighted by Crippen LogP contribution is 2.28. The van der Waals surface area contributed by atoms with Gasteiger partial charge in [0.25, 0.3) is 0 Å². The van der Waals surface area contributed by atoms with Crippen LogP contribution in [0.4, 0.5) is 0 Å². The van der Waals surface area contributed by atoms with Crippen molar-refractivity contribution in [2.24, 2.45) is 5.73 Å². The van der Waals surface area contributed by atoms with Gasteiger partial charge in [0.1, 0.15) is 36.6 Å². The number of nitrogens with two attached hydrogens (primary N) is 1. The van der Waals surface area contributed by atoms with E-state index in [9.17, 15) is 35.4 Å². The van der Waals surface area contributed by atoms with Crippen LogP contribution in [0.5, 0.6) is 0 Å². The van der Waals surface area contributed by atoms with Crippen LogP contribution in [0.1, 0.15) is 0 Å². The molecule has 2 saturated heterocycles. The Hall–Kier alpha value is -0.930. The van der Waals surface area contributed by atoms with Crippen LogP contribution in [0.15, 0.2) is 0 Å². The molecule has 5 unspecified atom stereocenters. The first-order chi connectivity index (χ1) is 11.2. The average molecular weight is 355 g/mol. The van der Waals surface area contributed by atoms with Crippen molar-refractivity contribution in [1.29, 1.82) is 0 Å². The Morgan fingerprint density at radius 3 is 2.17 bits per heavy atom. The van der Waals surface area contributed by atoms with Gasteiger partial charge < -0.3 is 55.7 Å². The zero-order chi connectivity index (χ0) is 18.2. The number of carbonyl (C=O) groups is 1. The van der Waals surface area contributed by atoms with Crippen molar-refractivity contribution in [3.8, 4) is 0 Å². The van der Waals surface area contributed by atoms with Crippen molar-refractivity contribution in [2.75, 3.05) is 6.61 Å². The van der Waals surface area contributed by atoms with Crippen molar-refractivity contribution in [2.45, 2.75) is 61.3 Å². The summed E-state index contributed by atoms with van der Waals surface area (Å²) in [6.07, 6.45) is -15.1. The Morgan fingerprint density at radius 1 is 1.00 bits per heavy atom.